The van der Waals surface area contributed by atoms with Crippen LogP contribution in [-0.2, 0) is 15.3 Å². The minimum atomic E-state index is -2.39. The van der Waals surface area contributed by atoms with Crippen molar-refractivity contribution in [1.29, 1.82) is 21.2 Å². The number of nitrogens with zero attached hydrogens (tertiary/aromatic N) is 3. The van der Waals surface area contributed by atoms with E-state index in [0.717, 1.165) is 24.3 Å². The second-order valence-electron chi connectivity index (χ2n) is 7.44. The fourth-order valence-electron chi connectivity index (χ4n) is 4.54. The summed E-state index contributed by atoms with van der Waals surface area (Å²) in [6, 6.07) is 12.8. The second kappa shape index (κ2) is 6.57. The van der Waals surface area contributed by atoms with Crippen molar-refractivity contribution in [2.45, 2.75) is 18.8 Å². The Morgan fingerprint density at radius 3 is 2.10 bits per heavy atom. The Kier molecular flexibility index (Phi) is 4.32. The Morgan fingerprint density at radius 2 is 1.55 bits per heavy atom. The van der Waals surface area contributed by atoms with Crippen LogP contribution in [0.25, 0.3) is 0 Å². The predicted octanol–water partition coefficient (Wildman–Crippen LogP) is 4.22. The molecule has 0 amide bonds. The van der Waals surface area contributed by atoms with Crippen LogP contribution < -0.4 is 0 Å². The standard InChI is InChI=1S/C22H13F3N4O2/c1-12-21(11-28)19(29)31-22(12,13-2-4-14(23)5-3-13)30-18(20(21,9-26)10-27)16-7-6-15(24)8-17(16)25/h2-8,12,18,29H,1H3. The lowest BCUT2D eigenvalue weighted by Crippen LogP contribution is -2.57. The molecule has 2 aromatic rings. The molecule has 6 nitrogen and oxygen atoms in total. The first-order valence-corrected chi connectivity index (χ1v) is 9.13. The molecule has 4 unspecified atom stereocenters. The quantitative estimate of drug-likeness (QED) is 0.779. The van der Waals surface area contributed by atoms with Crippen LogP contribution in [0.2, 0.25) is 0 Å². The number of benzene rings is 2. The topological polar surface area (TPSA) is 114 Å². The molecular formula is C22H13F3N4O2. The van der Waals surface area contributed by atoms with E-state index in [1.54, 1.807) is 12.1 Å². The van der Waals surface area contributed by atoms with Crippen LogP contribution in [0.1, 0.15) is 24.2 Å². The zero-order valence-electron chi connectivity index (χ0n) is 16.0. The van der Waals surface area contributed by atoms with E-state index in [2.05, 4.69) is 0 Å². The third kappa shape index (κ3) is 2.31. The highest BCUT2D eigenvalue weighted by Crippen LogP contribution is 2.69. The van der Waals surface area contributed by atoms with E-state index in [0.29, 0.717) is 6.07 Å². The maximum Gasteiger partial charge on any atom is 0.244 e. The lowest BCUT2D eigenvalue weighted by Gasteiger charge is -2.48. The lowest BCUT2D eigenvalue weighted by molar-refractivity contribution is -0.289. The van der Waals surface area contributed by atoms with Crippen LogP contribution in [0.4, 0.5) is 13.2 Å². The third-order valence-corrected chi connectivity index (χ3v) is 6.16. The number of nitriles is 3. The van der Waals surface area contributed by atoms with Gasteiger partial charge in [0.2, 0.25) is 17.1 Å². The van der Waals surface area contributed by atoms with Crippen molar-refractivity contribution in [2.24, 2.45) is 16.7 Å². The summed E-state index contributed by atoms with van der Waals surface area (Å²) in [4.78, 5) is 0. The van der Waals surface area contributed by atoms with Crippen molar-refractivity contribution >= 4 is 5.90 Å². The zero-order valence-corrected chi connectivity index (χ0v) is 16.0. The number of halogens is 3. The van der Waals surface area contributed by atoms with Gasteiger partial charge in [0.05, 0.1) is 24.1 Å². The van der Waals surface area contributed by atoms with Gasteiger partial charge < -0.3 is 9.47 Å². The highest BCUT2D eigenvalue weighted by molar-refractivity contribution is 5.89. The fourth-order valence-corrected chi connectivity index (χ4v) is 4.54. The van der Waals surface area contributed by atoms with Gasteiger partial charge in [-0.2, -0.15) is 15.8 Å². The fraction of sp³-hybridized carbons (Fsp3) is 0.273. The Morgan fingerprint density at radius 1 is 0.935 bits per heavy atom. The Balaban J connectivity index is 2.06. The number of hydrogen-bond donors (Lipinski definition) is 1. The van der Waals surface area contributed by atoms with Crippen molar-refractivity contribution in [1.82, 2.24) is 0 Å². The summed E-state index contributed by atoms with van der Waals surface area (Å²) in [5, 5.41) is 38.7. The van der Waals surface area contributed by atoms with Gasteiger partial charge in [-0.3, -0.25) is 5.41 Å². The van der Waals surface area contributed by atoms with Gasteiger partial charge in [0.15, 0.2) is 5.41 Å². The first kappa shape index (κ1) is 20.4. The minimum Gasteiger partial charge on any atom is -0.443 e. The molecule has 2 aliphatic rings. The van der Waals surface area contributed by atoms with Crippen molar-refractivity contribution in [3.63, 3.8) is 0 Å². The van der Waals surface area contributed by atoms with E-state index in [1.807, 2.05) is 6.07 Å². The first-order valence-electron chi connectivity index (χ1n) is 9.13. The van der Waals surface area contributed by atoms with Crippen molar-refractivity contribution in [3.8, 4) is 18.2 Å². The molecule has 154 valence electrons. The smallest absolute Gasteiger partial charge is 0.244 e. The molecule has 31 heavy (non-hydrogen) atoms. The molecule has 0 saturated carbocycles. The van der Waals surface area contributed by atoms with E-state index in [4.69, 9.17) is 14.9 Å². The van der Waals surface area contributed by atoms with Gasteiger partial charge in [-0.1, -0.05) is 13.0 Å². The molecule has 2 aliphatic heterocycles. The molecule has 0 aromatic heterocycles. The van der Waals surface area contributed by atoms with Crippen LogP contribution >= 0.6 is 0 Å². The van der Waals surface area contributed by atoms with Gasteiger partial charge >= 0.3 is 0 Å². The van der Waals surface area contributed by atoms with E-state index < -0.39 is 52.0 Å². The largest absolute Gasteiger partial charge is 0.443 e. The van der Waals surface area contributed by atoms with Gasteiger partial charge in [0.1, 0.15) is 23.6 Å². The number of rotatable bonds is 2. The third-order valence-electron chi connectivity index (χ3n) is 6.16. The normalized spacial score (nSPS) is 30.5. The molecule has 0 aliphatic carbocycles. The summed E-state index contributed by atoms with van der Waals surface area (Å²) in [6.45, 7) is 1.47. The summed E-state index contributed by atoms with van der Waals surface area (Å²) in [7, 11) is 0. The molecule has 4 rings (SSSR count). The molecule has 0 spiro atoms. The van der Waals surface area contributed by atoms with E-state index >= 15 is 0 Å². The predicted molar refractivity (Wildman–Crippen MR) is 97.9 cm³/mol. The van der Waals surface area contributed by atoms with Gasteiger partial charge in [-0.25, -0.2) is 13.2 Å². The number of nitrogens with one attached hydrogen (secondary N) is 1. The van der Waals surface area contributed by atoms with E-state index in [-0.39, 0.29) is 11.1 Å². The van der Waals surface area contributed by atoms with Gasteiger partial charge in [0.25, 0.3) is 0 Å². The molecular weight excluding hydrogens is 409 g/mol. The maximum atomic E-state index is 14.8. The maximum absolute atomic E-state index is 14.8. The van der Waals surface area contributed by atoms with Crippen molar-refractivity contribution < 1.29 is 22.6 Å². The van der Waals surface area contributed by atoms with E-state index in [1.165, 1.54) is 19.1 Å². The summed E-state index contributed by atoms with van der Waals surface area (Å²) in [5.41, 5.74) is -4.67. The molecule has 0 radical (unpaired) electrons. The van der Waals surface area contributed by atoms with E-state index in [9.17, 15) is 29.0 Å². The molecule has 2 heterocycles. The van der Waals surface area contributed by atoms with Crippen LogP contribution in [0.3, 0.4) is 0 Å². The van der Waals surface area contributed by atoms with Crippen molar-refractivity contribution in [2.75, 3.05) is 0 Å². The lowest BCUT2D eigenvalue weighted by atomic mass is 9.53. The van der Waals surface area contributed by atoms with Gasteiger partial charge in [-0.05, 0) is 30.3 Å². The summed E-state index contributed by atoms with van der Waals surface area (Å²) >= 11 is 0. The first-order chi connectivity index (χ1) is 14.7. The Hall–Kier alpha value is -3.87. The highest BCUT2D eigenvalue weighted by atomic mass is 19.1. The number of fused-ring (bicyclic) bond motifs is 2. The van der Waals surface area contributed by atoms with Crippen molar-refractivity contribution in [3.05, 3.63) is 71.0 Å². The molecule has 4 atom stereocenters. The average molecular weight is 422 g/mol. The monoisotopic (exact) mass is 422 g/mol. The summed E-state index contributed by atoms with van der Waals surface area (Å²) in [5.74, 6) is -6.21. The van der Waals surface area contributed by atoms with Crippen LogP contribution in [-0.4, -0.2) is 5.90 Å². The Bertz CT molecular complexity index is 1210. The molecule has 1 N–H and O–H groups in total. The Labute approximate surface area is 175 Å². The summed E-state index contributed by atoms with van der Waals surface area (Å²) in [6.07, 6.45) is -1.72. The molecule has 2 aromatic carbocycles. The zero-order chi connectivity index (χ0) is 22.6. The van der Waals surface area contributed by atoms with Crippen LogP contribution in [0.5, 0.6) is 0 Å². The second-order valence-corrected chi connectivity index (χ2v) is 7.44. The van der Waals surface area contributed by atoms with Crippen LogP contribution in [0.15, 0.2) is 42.5 Å². The number of hydrogen-bond acceptors (Lipinski definition) is 6. The molecule has 2 fully saturated rings. The highest BCUT2D eigenvalue weighted by Gasteiger charge is 2.80. The van der Waals surface area contributed by atoms with Crippen LogP contribution in [0, 0.1) is 73.6 Å². The molecule has 9 heteroatoms. The summed E-state index contributed by atoms with van der Waals surface area (Å²) < 4.78 is 53.6. The SMILES string of the molecule is CC1C2(c3ccc(F)cc3)OC(=N)C1(C#N)C(C#N)(C#N)C(c1ccc(F)cc1F)O2. The number of ether oxygens (including phenoxy) is 2. The minimum absolute atomic E-state index is 0.209. The van der Waals surface area contributed by atoms with Gasteiger partial charge in [0, 0.05) is 17.2 Å². The molecule has 2 bridgehead atoms. The molecule has 2 saturated heterocycles. The average Bonchev–Trinajstić information content (AvgIpc) is 2.91. The van der Waals surface area contributed by atoms with Gasteiger partial charge in [-0.15, -0.1) is 0 Å².